The fourth-order valence-electron chi connectivity index (χ4n) is 3.15. The average Bonchev–Trinajstić information content (AvgIpc) is 2.62. The molecule has 1 aliphatic rings. The van der Waals surface area contributed by atoms with E-state index < -0.39 is 0 Å². The van der Waals surface area contributed by atoms with E-state index >= 15 is 0 Å². The smallest absolute Gasteiger partial charge is 0.225 e. The maximum atomic E-state index is 4.64. The summed E-state index contributed by atoms with van der Waals surface area (Å²) < 4.78 is 0. The molecule has 0 amide bonds. The summed E-state index contributed by atoms with van der Waals surface area (Å²) in [6, 6.07) is 12.4. The number of anilines is 2. The molecule has 0 unspecified atom stereocenters. The van der Waals surface area contributed by atoms with Crippen molar-refractivity contribution in [2.75, 3.05) is 36.0 Å². The van der Waals surface area contributed by atoms with Crippen LogP contribution in [0.2, 0.25) is 0 Å². The molecule has 23 heavy (non-hydrogen) atoms. The first-order chi connectivity index (χ1) is 11.3. The van der Waals surface area contributed by atoms with Gasteiger partial charge < -0.3 is 9.80 Å². The molecule has 0 N–H and O–H groups in total. The Labute approximate surface area is 135 Å². The van der Waals surface area contributed by atoms with Gasteiger partial charge in [-0.05, 0) is 25.1 Å². The molecule has 0 radical (unpaired) electrons. The molecule has 0 aliphatic carbocycles. The highest BCUT2D eigenvalue weighted by molar-refractivity contribution is 5.92. The molecular weight excluding hydrogens is 286 g/mol. The van der Waals surface area contributed by atoms with Crippen molar-refractivity contribution in [3.8, 4) is 0 Å². The molecule has 1 fully saturated rings. The Morgan fingerprint density at radius 3 is 2.35 bits per heavy atom. The molecule has 2 aromatic heterocycles. The number of piperazine rings is 1. The number of aromatic nitrogens is 3. The number of hydrogen-bond acceptors (Lipinski definition) is 5. The summed E-state index contributed by atoms with van der Waals surface area (Å²) in [4.78, 5) is 18.0. The third-order valence-corrected chi connectivity index (χ3v) is 4.28. The second kappa shape index (κ2) is 5.83. The molecule has 116 valence electrons. The summed E-state index contributed by atoms with van der Waals surface area (Å²) in [5.41, 5.74) is 3.41. The Hall–Kier alpha value is -2.69. The Morgan fingerprint density at radius 1 is 0.870 bits per heavy atom. The van der Waals surface area contributed by atoms with E-state index in [9.17, 15) is 0 Å². The predicted molar refractivity (Wildman–Crippen MR) is 92.9 cm³/mol. The van der Waals surface area contributed by atoms with Crippen molar-refractivity contribution in [1.29, 1.82) is 0 Å². The standard InChI is InChI=1S/C18H19N5/c1-14-13-17(15-5-2-3-6-16(15)21-14)22-9-11-23(12-10-22)18-19-7-4-8-20-18/h2-8,13H,9-12H2,1H3. The molecule has 3 heterocycles. The molecule has 3 aromatic rings. The van der Waals surface area contributed by atoms with E-state index in [2.05, 4.69) is 55.9 Å². The minimum Gasteiger partial charge on any atom is -0.367 e. The summed E-state index contributed by atoms with van der Waals surface area (Å²) >= 11 is 0. The largest absolute Gasteiger partial charge is 0.367 e. The zero-order valence-electron chi connectivity index (χ0n) is 13.2. The van der Waals surface area contributed by atoms with Gasteiger partial charge in [0.25, 0.3) is 0 Å². The Bertz CT molecular complexity index is 810. The van der Waals surface area contributed by atoms with Crippen LogP contribution in [0.15, 0.2) is 48.8 Å². The fourth-order valence-corrected chi connectivity index (χ4v) is 3.15. The topological polar surface area (TPSA) is 45.2 Å². The van der Waals surface area contributed by atoms with E-state index in [4.69, 9.17) is 0 Å². The molecule has 5 nitrogen and oxygen atoms in total. The van der Waals surface area contributed by atoms with Gasteiger partial charge in [-0.25, -0.2) is 9.97 Å². The van der Waals surface area contributed by atoms with Gasteiger partial charge in [0, 0.05) is 55.3 Å². The summed E-state index contributed by atoms with van der Waals surface area (Å²) in [5.74, 6) is 0.822. The van der Waals surface area contributed by atoms with Gasteiger partial charge in [-0.15, -0.1) is 0 Å². The maximum Gasteiger partial charge on any atom is 0.225 e. The van der Waals surface area contributed by atoms with E-state index in [0.717, 1.165) is 43.3 Å². The molecule has 4 rings (SSSR count). The van der Waals surface area contributed by atoms with Gasteiger partial charge in [0.2, 0.25) is 5.95 Å². The van der Waals surface area contributed by atoms with Gasteiger partial charge >= 0.3 is 0 Å². The van der Waals surface area contributed by atoms with Gasteiger partial charge in [-0.1, -0.05) is 18.2 Å². The van der Waals surface area contributed by atoms with Gasteiger partial charge in [-0.2, -0.15) is 0 Å². The van der Waals surface area contributed by atoms with Crippen LogP contribution in [0.25, 0.3) is 10.9 Å². The number of benzene rings is 1. The molecular formula is C18H19N5. The zero-order valence-corrected chi connectivity index (χ0v) is 13.2. The van der Waals surface area contributed by atoms with Gasteiger partial charge in [0.05, 0.1) is 5.52 Å². The van der Waals surface area contributed by atoms with Crippen LogP contribution in [0.5, 0.6) is 0 Å². The lowest BCUT2D eigenvalue weighted by Crippen LogP contribution is -2.47. The third kappa shape index (κ3) is 2.70. The second-order valence-corrected chi connectivity index (χ2v) is 5.82. The van der Waals surface area contributed by atoms with Crippen LogP contribution < -0.4 is 9.80 Å². The first-order valence-electron chi connectivity index (χ1n) is 7.94. The van der Waals surface area contributed by atoms with E-state index in [1.807, 2.05) is 12.1 Å². The van der Waals surface area contributed by atoms with Crippen LogP contribution in [0.4, 0.5) is 11.6 Å². The fraction of sp³-hybridized carbons (Fsp3) is 0.278. The number of rotatable bonds is 2. The minimum atomic E-state index is 0.822. The molecule has 1 saturated heterocycles. The highest BCUT2D eigenvalue weighted by Crippen LogP contribution is 2.27. The van der Waals surface area contributed by atoms with E-state index in [1.54, 1.807) is 12.4 Å². The lowest BCUT2D eigenvalue weighted by molar-refractivity contribution is 0.641. The first kappa shape index (κ1) is 13.9. The zero-order chi connectivity index (χ0) is 15.6. The molecule has 1 aliphatic heterocycles. The number of para-hydroxylation sites is 1. The highest BCUT2D eigenvalue weighted by atomic mass is 15.3. The van der Waals surface area contributed by atoms with Crippen LogP contribution in [0.3, 0.4) is 0 Å². The third-order valence-electron chi connectivity index (χ3n) is 4.28. The lowest BCUT2D eigenvalue weighted by atomic mass is 10.1. The monoisotopic (exact) mass is 305 g/mol. The van der Waals surface area contributed by atoms with E-state index in [-0.39, 0.29) is 0 Å². The van der Waals surface area contributed by atoms with Crippen molar-refractivity contribution < 1.29 is 0 Å². The van der Waals surface area contributed by atoms with Crippen LogP contribution >= 0.6 is 0 Å². The van der Waals surface area contributed by atoms with Crippen molar-refractivity contribution in [2.24, 2.45) is 0 Å². The average molecular weight is 305 g/mol. The molecule has 0 saturated carbocycles. The van der Waals surface area contributed by atoms with Crippen molar-refractivity contribution in [1.82, 2.24) is 15.0 Å². The molecule has 0 spiro atoms. The minimum absolute atomic E-state index is 0.822. The lowest BCUT2D eigenvalue weighted by Gasteiger charge is -2.36. The van der Waals surface area contributed by atoms with Crippen LogP contribution in [0.1, 0.15) is 5.69 Å². The quantitative estimate of drug-likeness (QED) is 0.728. The number of nitrogens with zero attached hydrogens (tertiary/aromatic N) is 5. The Morgan fingerprint density at radius 2 is 1.57 bits per heavy atom. The van der Waals surface area contributed by atoms with Crippen LogP contribution in [0, 0.1) is 6.92 Å². The van der Waals surface area contributed by atoms with Crippen molar-refractivity contribution in [3.05, 3.63) is 54.5 Å². The molecule has 1 aromatic carbocycles. The van der Waals surface area contributed by atoms with E-state index in [1.165, 1.54) is 11.1 Å². The SMILES string of the molecule is Cc1cc(N2CCN(c3ncccn3)CC2)c2ccccc2n1. The van der Waals surface area contributed by atoms with E-state index in [0.29, 0.717) is 0 Å². The normalized spacial score (nSPS) is 15.2. The highest BCUT2D eigenvalue weighted by Gasteiger charge is 2.20. The van der Waals surface area contributed by atoms with Gasteiger partial charge in [-0.3, -0.25) is 4.98 Å². The van der Waals surface area contributed by atoms with Crippen LogP contribution in [-0.4, -0.2) is 41.1 Å². The number of pyridine rings is 1. The van der Waals surface area contributed by atoms with Gasteiger partial charge in [0.15, 0.2) is 0 Å². The summed E-state index contributed by atoms with van der Waals surface area (Å²) in [7, 11) is 0. The Balaban J connectivity index is 1.59. The van der Waals surface area contributed by atoms with Crippen molar-refractivity contribution in [2.45, 2.75) is 6.92 Å². The molecule has 0 atom stereocenters. The number of hydrogen-bond donors (Lipinski definition) is 0. The van der Waals surface area contributed by atoms with Crippen molar-refractivity contribution in [3.63, 3.8) is 0 Å². The summed E-state index contributed by atoms with van der Waals surface area (Å²) in [5, 5.41) is 1.22. The van der Waals surface area contributed by atoms with Crippen LogP contribution in [-0.2, 0) is 0 Å². The predicted octanol–water partition coefficient (Wildman–Crippen LogP) is 2.66. The molecule has 0 bridgehead atoms. The number of aryl methyl sites for hydroxylation is 1. The maximum absolute atomic E-state index is 4.64. The number of fused-ring (bicyclic) bond motifs is 1. The first-order valence-corrected chi connectivity index (χ1v) is 7.94. The summed E-state index contributed by atoms with van der Waals surface area (Å²) in [6.45, 7) is 5.85. The Kier molecular flexibility index (Phi) is 3.54. The summed E-state index contributed by atoms with van der Waals surface area (Å²) in [6.07, 6.45) is 3.60. The van der Waals surface area contributed by atoms with Crippen molar-refractivity contribution >= 4 is 22.5 Å². The van der Waals surface area contributed by atoms with Gasteiger partial charge in [0.1, 0.15) is 0 Å². The second-order valence-electron chi connectivity index (χ2n) is 5.82. The molecule has 5 heteroatoms.